The molecule has 0 bridgehead atoms. The maximum Gasteiger partial charge on any atom is 0.240 e. The van der Waals surface area contributed by atoms with Crippen LogP contribution in [0.5, 0.6) is 0 Å². The summed E-state index contributed by atoms with van der Waals surface area (Å²) in [5, 5.41) is 0. The van der Waals surface area contributed by atoms with Crippen LogP contribution in [0.2, 0.25) is 0 Å². The number of hydrogen-bond donors (Lipinski definition) is 2. The van der Waals surface area contributed by atoms with Crippen molar-refractivity contribution in [1.29, 1.82) is 0 Å². The number of nitrogens with one attached hydrogen (secondary N) is 1. The zero-order chi connectivity index (χ0) is 15.1. The van der Waals surface area contributed by atoms with Gasteiger partial charge in [0.2, 0.25) is 10.0 Å². The molecule has 0 spiro atoms. The van der Waals surface area contributed by atoms with E-state index < -0.39 is 15.8 Å². The zero-order valence-electron chi connectivity index (χ0n) is 12.0. The van der Waals surface area contributed by atoms with Gasteiger partial charge in [-0.1, -0.05) is 13.8 Å². The van der Waals surface area contributed by atoms with Crippen LogP contribution in [-0.4, -0.2) is 14.5 Å². The number of hydrogen-bond acceptors (Lipinski definition) is 3. The van der Waals surface area contributed by atoms with Crippen LogP contribution < -0.4 is 10.5 Å². The Hall–Kier alpha value is -1.14. The molecule has 0 radical (unpaired) electrons. The average Bonchev–Trinajstić information content (AvgIpc) is 2.64. The van der Waals surface area contributed by atoms with E-state index in [1.54, 1.807) is 0 Å². The lowest BCUT2D eigenvalue weighted by atomic mass is 9.92. The molecule has 1 aromatic carbocycles. The van der Waals surface area contributed by atoms with E-state index in [0.29, 0.717) is 0 Å². The maximum atomic E-state index is 13.6. The fourth-order valence-electron chi connectivity index (χ4n) is 2.65. The molecule has 1 aliphatic rings. The quantitative estimate of drug-likeness (QED) is 0.843. The summed E-state index contributed by atoms with van der Waals surface area (Å²) in [4.78, 5) is -0.109. The Morgan fingerprint density at radius 1 is 1.40 bits per heavy atom. The first-order valence-corrected chi connectivity index (χ1v) is 8.17. The first-order valence-electron chi connectivity index (χ1n) is 6.69. The van der Waals surface area contributed by atoms with Crippen molar-refractivity contribution >= 4 is 15.7 Å². The molecule has 1 atom stereocenters. The second kappa shape index (κ2) is 5.00. The highest BCUT2D eigenvalue weighted by molar-refractivity contribution is 7.89. The van der Waals surface area contributed by atoms with Crippen LogP contribution in [0.15, 0.2) is 17.0 Å². The van der Waals surface area contributed by atoms with E-state index >= 15 is 0 Å². The highest BCUT2D eigenvalue weighted by Crippen LogP contribution is 2.37. The summed E-state index contributed by atoms with van der Waals surface area (Å²) in [5.41, 5.74) is 6.20. The predicted molar refractivity (Wildman–Crippen MR) is 77.3 cm³/mol. The summed E-state index contributed by atoms with van der Waals surface area (Å²) >= 11 is 0. The molecule has 6 heteroatoms. The molecule has 0 aromatic heterocycles. The van der Waals surface area contributed by atoms with Crippen LogP contribution in [0.1, 0.15) is 38.7 Å². The highest BCUT2D eigenvalue weighted by atomic mass is 32.2. The van der Waals surface area contributed by atoms with Gasteiger partial charge < -0.3 is 5.73 Å². The second-order valence-electron chi connectivity index (χ2n) is 6.34. The fraction of sp³-hybridized carbons (Fsp3) is 0.571. The molecule has 0 aliphatic heterocycles. The van der Waals surface area contributed by atoms with Crippen molar-refractivity contribution in [3.05, 3.63) is 23.5 Å². The summed E-state index contributed by atoms with van der Waals surface area (Å²) in [6.07, 6.45) is 2.57. The van der Waals surface area contributed by atoms with Gasteiger partial charge in [-0.15, -0.1) is 0 Å². The molecule has 1 aliphatic carbocycles. The van der Waals surface area contributed by atoms with E-state index in [-0.39, 0.29) is 27.6 Å². The largest absolute Gasteiger partial charge is 0.398 e. The number of nitrogen functional groups attached to an aromatic ring is 1. The topological polar surface area (TPSA) is 72.2 Å². The van der Waals surface area contributed by atoms with Crippen molar-refractivity contribution in [3.8, 4) is 0 Å². The maximum absolute atomic E-state index is 13.6. The second-order valence-corrected chi connectivity index (χ2v) is 8.06. The van der Waals surface area contributed by atoms with Crippen LogP contribution in [-0.2, 0) is 10.0 Å². The number of nitrogens with two attached hydrogens (primary N) is 1. The lowest BCUT2D eigenvalue weighted by molar-refractivity contribution is 0.372. The normalized spacial score (nSPS) is 22.1. The van der Waals surface area contributed by atoms with E-state index in [4.69, 9.17) is 5.73 Å². The van der Waals surface area contributed by atoms with Gasteiger partial charge in [-0.05, 0) is 43.7 Å². The van der Waals surface area contributed by atoms with Crippen molar-refractivity contribution in [2.24, 2.45) is 5.41 Å². The molecule has 1 fully saturated rings. The number of halogens is 1. The molecule has 2 rings (SSSR count). The Morgan fingerprint density at radius 3 is 2.55 bits per heavy atom. The highest BCUT2D eigenvalue weighted by Gasteiger charge is 2.33. The Kier molecular flexibility index (Phi) is 3.81. The number of rotatable bonds is 3. The summed E-state index contributed by atoms with van der Waals surface area (Å²) in [6.45, 7) is 5.75. The van der Waals surface area contributed by atoms with Gasteiger partial charge in [-0.3, -0.25) is 0 Å². The minimum absolute atomic E-state index is 0.0967. The third kappa shape index (κ3) is 3.12. The summed E-state index contributed by atoms with van der Waals surface area (Å²) in [5.74, 6) is -0.600. The van der Waals surface area contributed by atoms with Gasteiger partial charge in [0.15, 0.2) is 0 Å². The van der Waals surface area contributed by atoms with Crippen molar-refractivity contribution in [2.45, 2.75) is 51.0 Å². The molecule has 0 amide bonds. The van der Waals surface area contributed by atoms with Crippen LogP contribution in [0, 0.1) is 18.2 Å². The Labute approximate surface area is 119 Å². The molecule has 1 saturated carbocycles. The minimum atomic E-state index is -3.73. The first-order chi connectivity index (χ1) is 9.11. The zero-order valence-corrected chi connectivity index (χ0v) is 12.8. The molecule has 0 saturated heterocycles. The van der Waals surface area contributed by atoms with E-state index in [9.17, 15) is 12.8 Å². The number of benzene rings is 1. The molecule has 0 heterocycles. The summed E-state index contributed by atoms with van der Waals surface area (Å²) in [7, 11) is -3.73. The van der Waals surface area contributed by atoms with Gasteiger partial charge in [-0.2, -0.15) is 0 Å². The summed E-state index contributed by atoms with van der Waals surface area (Å²) in [6, 6.07) is 2.23. The first kappa shape index (κ1) is 15.3. The smallest absolute Gasteiger partial charge is 0.240 e. The Balaban J connectivity index is 2.23. The lowest BCUT2D eigenvalue weighted by Crippen LogP contribution is -2.33. The Bertz CT molecular complexity index is 603. The monoisotopic (exact) mass is 300 g/mol. The number of sulfonamides is 1. The fourth-order valence-corrected chi connectivity index (χ4v) is 3.97. The molecular formula is C14H21FN2O2S. The van der Waals surface area contributed by atoms with Crippen molar-refractivity contribution in [2.75, 3.05) is 5.73 Å². The molecule has 3 N–H and O–H groups in total. The molecular weight excluding hydrogens is 279 g/mol. The van der Waals surface area contributed by atoms with E-state index in [1.165, 1.54) is 13.0 Å². The molecule has 1 aromatic rings. The molecule has 4 nitrogen and oxygen atoms in total. The standard InChI is InChI=1S/C14H21FN2O2S/c1-9-12(15)6-11(7-13(9)16)20(18,19)17-10-4-5-14(2,3)8-10/h6-7,10,17H,4-5,8,16H2,1-3H3. The molecule has 112 valence electrons. The summed E-state index contributed by atoms with van der Waals surface area (Å²) < 4.78 is 40.8. The van der Waals surface area contributed by atoms with Crippen LogP contribution in [0.3, 0.4) is 0 Å². The molecule has 20 heavy (non-hydrogen) atoms. The van der Waals surface area contributed by atoms with Crippen LogP contribution in [0.4, 0.5) is 10.1 Å². The van der Waals surface area contributed by atoms with Crippen molar-refractivity contribution in [3.63, 3.8) is 0 Å². The lowest BCUT2D eigenvalue weighted by Gasteiger charge is -2.18. The van der Waals surface area contributed by atoms with E-state index in [1.807, 2.05) is 0 Å². The Morgan fingerprint density at radius 2 is 2.05 bits per heavy atom. The van der Waals surface area contributed by atoms with Gasteiger partial charge in [0, 0.05) is 17.3 Å². The van der Waals surface area contributed by atoms with Gasteiger partial charge in [0.05, 0.1) is 4.90 Å². The van der Waals surface area contributed by atoms with Crippen LogP contribution in [0.25, 0.3) is 0 Å². The average molecular weight is 300 g/mol. The minimum Gasteiger partial charge on any atom is -0.398 e. The SMILES string of the molecule is Cc1c(N)cc(S(=O)(=O)NC2CCC(C)(C)C2)cc1F. The molecule has 1 unspecified atom stereocenters. The van der Waals surface area contributed by atoms with Crippen LogP contribution >= 0.6 is 0 Å². The predicted octanol–water partition coefficient (Wildman–Crippen LogP) is 2.57. The van der Waals surface area contributed by atoms with Crippen molar-refractivity contribution < 1.29 is 12.8 Å². The number of anilines is 1. The van der Waals surface area contributed by atoms with Gasteiger partial charge in [0.1, 0.15) is 5.82 Å². The van der Waals surface area contributed by atoms with Crippen molar-refractivity contribution in [1.82, 2.24) is 4.72 Å². The van der Waals surface area contributed by atoms with Gasteiger partial charge in [0.25, 0.3) is 0 Å². The van der Waals surface area contributed by atoms with E-state index in [0.717, 1.165) is 25.3 Å². The third-order valence-electron chi connectivity index (χ3n) is 3.96. The third-order valence-corrected chi connectivity index (χ3v) is 5.46. The van der Waals surface area contributed by atoms with Gasteiger partial charge in [-0.25, -0.2) is 17.5 Å². The van der Waals surface area contributed by atoms with E-state index in [2.05, 4.69) is 18.6 Å². The van der Waals surface area contributed by atoms with Gasteiger partial charge >= 0.3 is 0 Å².